The Balaban J connectivity index is 3.05. The van der Waals surface area contributed by atoms with E-state index >= 15 is 0 Å². The molecule has 0 fully saturated rings. The number of carbonyl (C=O) groups excluding carboxylic acids is 2. The summed E-state index contributed by atoms with van der Waals surface area (Å²) < 4.78 is 10.5. The molecule has 0 aromatic carbocycles. The number of ether oxygens (including phenoxy) is 2. The molecule has 0 atom stereocenters. The van der Waals surface area contributed by atoms with Gasteiger partial charge < -0.3 is 9.47 Å². The molecule has 128 valence electrons. The van der Waals surface area contributed by atoms with Crippen LogP contribution in [0.4, 0.5) is 15.3 Å². The van der Waals surface area contributed by atoms with Crippen LogP contribution in [0.1, 0.15) is 47.1 Å². The van der Waals surface area contributed by atoms with Crippen LogP contribution in [0.2, 0.25) is 0 Å². The summed E-state index contributed by atoms with van der Waals surface area (Å²) in [4.78, 5) is 28.4. The summed E-state index contributed by atoms with van der Waals surface area (Å²) in [5.41, 5.74) is 2.18. The number of hydrogen-bond acceptors (Lipinski definition) is 5. The molecule has 0 aliphatic carbocycles. The van der Waals surface area contributed by atoms with Gasteiger partial charge in [-0.3, -0.25) is 4.98 Å². The molecule has 0 aliphatic heterocycles. The molecule has 0 radical (unpaired) electrons. The molecule has 1 heterocycles. The number of carbonyl (C=O) groups is 2. The first-order valence-corrected chi connectivity index (χ1v) is 7.32. The van der Waals surface area contributed by atoms with Gasteiger partial charge in [-0.2, -0.15) is 5.01 Å². The number of hydrazine groups is 1. The molecule has 0 bridgehead atoms. The van der Waals surface area contributed by atoms with E-state index in [0.29, 0.717) is 5.69 Å². The van der Waals surface area contributed by atoms with Gasteiger partial charge in [0.05, 0.1) is 11.9 Å². The smallest absolute Gasteiger partial charge is 0.434 e. The van der Waals surface area contributed by atoms with Crippen LogP contribution in [0.5, 0.6) is 0 Å². The average molecular weight is 323 g/mol. The maximum absolute atomic E-state index is 12.4. The molecule has 1 aromatic rings. The SMILES string of the molecule is Cc1ccncc1N(NC(=O)OC(C)(C)C)C(=O)OC(C)(C)C. The predicted octanol–water partition coefficient (Wildman–Crippen LogP) is 3.57. The fourth-order valence-electron chi connectivity index (χ4n) is 1.59. The topological polar surface area (TPSA) is 80.8 Å². The monoisotopic (exact) mass is 323 g/mol. The third-order valence-corrected chi connectivity index (χ3v) is 2.43. The van der Waals surface area contributed by atoms with Crippen molar-refractivity contribution in [1.82, 2.24) is 10.4 Å². The van der Waals surface area contributed by atoms with Gasteiger partial charge >= 0.3 is 12.2 Å². The van der Waals surface area contributed by atoms with Crippen LogP contribution in [0.25, 0.3) is 0 Å². The zero-order valence-electron chi connectivity index (χ0n) is 14.8. The second kappa shape index (κ2) is 6.85. The minimum absolute atomic E-state index is 0.410. The fourth-order valence-corrected chi connectivity index (χ4v) is 1.59. The van der Waals surface area contributed by atoms with Crippen LogP contribution < -0.4 is 10.4 Å². The van der Waals surface area contributed by atoms with Gasteiger partial charge in [-0.05, 0) is 60.1 Å². The van der Waals surface area contributed by atoms with Crippen LogP contribution in [0.15, 0.2) is 18.5 Å². The Kier molecular flexibility index (Phi) is 5.58. The number of aryl methyl sites for hydroxylation is 1. The second-order valence-electron chi connectivity index (χ2n) is 7.09. The van der Waals surface area contributed by atoms with Gasteiger partial charge in [-0.15, -0.1) is 0 Å². The van der Waals surface area contributed by atoms with Crippen molar-refractivity contribution in [1.29, 1.82) is 0 Å². The maximum Gasteiger partial charge on any atom is 0.434 e. The average Bonchev–Trinajstić information content (AvgIpc) is 2.32. The summed E-state index contributed by atoms with van der Waals surface area (Å²) in [6.07, 6.45) is 1.59. The second-order valence-corrected chi connectivity index (χ2v) is 7.09. The van der Waals surface area contributed by atoms with E-state index in [9.17, 15) is 9.59 Å². The summed E-state index contributed by atoms with van der Waals surface area (Å²) in [5.74, 6) is 0. The highest BCUT2D eigenvalue weighted by atomic mass is 16.6. The van der Waals surface area contributed by atoms with E-state index in [2.05, 4.69) is 10.4 Å². The minimum Gasteiger partial charge on any atom is -0.443 e. The van der Waals surface area contributed by atoms with Crippen LogP contribution in [-0.4, -0.2) is 28.4 Å². The van der Waals surface area contributed by atoms with Crippen molar-refractivity contribution < 1.29 is 19.1 Å². The first-order valence-electron chi connectivity index (χ1n) is 7.32. The lowest BCUT2D eigenvalue weighted by Crippen LogP contribution is -2.50. The number of amides is 2. The summed E-state index contributed by atoms with van der Waals surface area (Å²) >= 11 is 0. The Morgan fingerprint density at radius 2 is 1.65 bits per heavy atom. The van der Waals surface area contributed by atoms with E-state index in [0.717, 1.165) is 10.6 Å². The standard InChI is InChI=1S/C16H25N3O4/c1-11-8-9-17-10-12(11)19(14(21)23-16(5,6)7)18-13(20)22-15(2,3)4/h8-10H,1-7H3,(H,18,20). The molecule has 23 heavy (non-hydrogen) atoms. The summed E-state index contributed by atoms with van der Waals surface area (Å²) in [7, 11) is 0. The molecule has 0 saturated carbocycles. The molecule has 0 unspecified atom stereocenters. The molecular formula is C16H25N3O4. The van der Waals surface area contributed by atoms with Gasteiger partial charge in [0.2, 0.25) is 0 Å². The van der Waals surface area contributed by atoms with Gasteiger partial charge in [-0.25, -0.2) is 15.0 Å². The number of nitrogens with one attached hydrogen (secondary N) is 1. The Morgan fingerprint density at radius 3 is 2.13 bits per heavy atom. The number of rotatable bonds is 1. The Labute approximate surface area is 136 Å². The molecule has 1 aromatic heterocycles. The van der Waals surface area contributed by atoms with Gasteiger partial charge in [0.25, 0.3) is 0 Å². The van der Waals surface area contributed by atoms with Gasteiger partial charge in [0, 0.05) is 6.20 Å². The summed E-state index contributed by atoms with van der Waals surface area (Å²) in [6, 6.07) is 1.73. The lowest BCUT2D eigenvalue weighted by atomic mass is 10.2. The lowest BCUT2D eigenvalue weighted by Gasteiger charge is -2.29. The zero-order valence-corrected chi connectivity index (χ0v) is 14.8. The lowest BCUT2D eigenvalue weighted by molar-refractivity contribution is 0.0425. The largest absolute Gasteiger partial charge is 0.443 e. The molecule has 1 N–H and O–H groups in total. The number of nitrogens with zero attached hydrogens (tertiary/aromatic N) is 2. The molecule has 7 heteroatoms. The van der Waals surface area contributed by atoms with Crippen molar-refractivity contribution >= 4 is 17.9 Å². The first kappa shape index (κ1) is 18.7. The molecular weight excluding hydrogens is 298 g/mol. The van der Waals surface area contributed by atoms with Crippen LogP contribution in [0.3, 0.4) is 0 Å². The third-order valence-electron chi connectivity index (χ3n) is 2.43. The fraction of sp³-hybridized carbons (Fsp3) is 0.562. The third kappa shape index (κ3) is 6.54. The highest BCUT2D eigenvalue weighted by Crippen LogP contribution is 2.20. The Bertz CT molecular complexity index is 573. The molecule has 0 spiro atoms. The number of hydrogen-bond donors (Lipinski definition) is 1. The highest BCUT2D eigenvalue weighted by Gasteiger charge is 2.28. The van der Waals surface area contributed by atoms with Crippen molar-refractivity contribution in [3.8, 4) is 0 Å². The maximum atomic E-state index is 12.4. The van der Waals surface area contributed by atoms with E-state index in [1.54, 1.807) is 60.7 Å². The summed E-state index contributed by atoms with van der Waals surface area (Å²) in [5, 5.41) is 1.00. The van der Waals surface area contributed by atoms with E-state index in [1.165, 1.54) is 6.20 Å². The minimum atomic E-state index is -0.758. The van der Waals surface area contributed by atoms with Crippen molar-refractivity contribution in [3.05, 3.63) is 24.0 Å². The van der Waals surface area contributed by atoms with Crippen LogP contribution in [-0.2, 0) is 9.47 Å². The van der Waals surface area contributed by atoms with Crippen molar-refractivity contribution in [2.24, 2.45) is 0 Å². The molecule has 2 amide bonds. The van der Waals surface area contributed by atoms with Crippen molar-refractivity contribution in [2.45, 2.75) is 59.7 Å². The normalized spacial score (nSPS) is 11.6. The Morgan fingerprint density at radius 1 is 1.09 bits per heavy atom. The Hall–Kier alpha value is -2.31. The predicted molar refractivity (Wildman–Crippen MR) is 87.1 cm³/mol. The molecule has 7 nitrogen and oxygen atoms in total. The van der Waals surface area contributed by atoms with Crippen molar-refractivity contribution in [2.75, 3.05) is 5.01 Å². The number of pyridine rings is 1. The molecule has 1 rings (SSSR count). The first-order chi connectivity index (χ1) is 10.4. The molecule has 0 aliphatic rings. The highest BCUT2D eigenvalue weighted by molar-refractivity contribution is 5.91. The van der Waals surface area contributed by atoms with Crippen LogP contribution in [0, 0.1) is 6.92 Å². The van der Waals surface area contributed by atoms with Gasteiger partial charge in [0.15, 0.2) is 0 Å². The molecule has 0 saturated heterocycles. The van der Waals surface area contributed by atoms with Crippen molar-refractivity contribution in [3.63, 3.8) is 0 Å². The number of aromatic nitrogens is 1. The summed E-state index contributed by atoms with van der Waals surface area (Å²) in [6.45, 7) is 12.2. The van der Waals surface area contributed by atoms with E-state index < -0.39 is 23.4 Å². The van der Waals surface area contributed by atoms with E-state index in [1.807, 2.05) is 0 Å². The van der Waals surface area contributed by atoms with Crippen LogP contribution >= 0.6 is 0 Å². The van der Waals surface area contributed by atoms with E-state index in [-0.39, 0.29) is 0 Å². The quantitative estimate of drug-likeness (QED) is 0.799. The number of anilines is 1. The van der Waals surface area contributed by atoms with E-state index in [4.69, 9.17) is 9.47 Å². The van der Waals surface area contributed by atoms with Gasteiger partial charge in [-0.1, -0.05) is 0 Å². The zero-order chi connectivity index (χ0) is 17.8. The van der Waals surface area contributed by atoms with Gasteiger partial charge in [0.1, 0.15) is 11.2 Å².